The maximum absolute atomic E-state index is 12.5. The van der Waals surface area contributed by atoms with Crippen LogP contribution in [0.5, 0.6) is 5.75 Å². The summed E-state index contributed by atoms with van der Waals surface area (Å²) in [5, 5.41) is 8.64. The Bertz CT molecular complexity index is 265. The summed E-state index contributed by atoms with van der Waals surface area (Å²) >= 11 is 5.62. The summed E-state index contributed by atoms with van der Waals surface area (Å²) in [6, 6.07) is 3.83. The number of benzene rings is 1. The van der Waals surface area contributed by atoms with Crippen LogP contribution in [0.3, 0.4) is 0 Å². The van der Waals surface area contributed by atoms with Crippen LogP contribution in [0.1, 0.15) is 0 Å². The minimum absolute atomic E-state index is 0.0896. The quantitative estimate of drug-likeness (QED) is 0.788. The van der Waals surface area contributed by atoms with Gasteiger partial charge in [0.2, 0.25) is 0 Å². The van der Waals surface area contributed by atoms with E-state index in [4.69, 9.17) is 21.4 Å². The second-order valence-corrected chi connectivity index (χ2v) is 2.55. The molecule has 12 heavy (non-hydrogen) atoms. The monoisotopic (exact) mass is 190 g/mol. The lowest BCUT2D eigenvalue weighted by Crippen LogP contribution is -2.01. The summed E-state index contributed by atoms with van der Waals surface area (Å²) in [4.78, 5) is 0. The summed E-state index contributed by atoms with van der Waals surface area (Å²) < 4.78 is 17.5. The third kappa shape index (κ3) is 2.36. The van der Waals surface area contributed by atoms with E-state index in [1.165, 1.54) is 12.1 Å². The first-order valence-corrected chi connectivity index (χ1v) is 3.80. The van der Waals surface area contributed by atoms with Crippen molar-refractivity contribution in [3.8, 4) is 5.75 Å². The van der Waals surface area contributed by atoms with Gasteiger partial charge in [-0.2, -0.15) is 0 Å². The molecule has 0 heterocycles. The lowest BCUT2D eigenvalue weighted by Gasteiger charge is -2.05. The Labute approximate surface area is 74.5 Å². The fourth-order valence-corrected chi connectivity index (χ4v) is 0.970. The molecule has 0 saturated heterocycles. The van der Waals surface area contributed by atoms with Gasteiger partial charge in [0, 0.05) is 0 Å². The lowest BCUT2D eigenvalue weighted by molar-refractivity contribution is 0.201. The molecule has 0 saturated carbocycles. The highest BCUT2D eigenvalue weighted by molar-refractivity contribution is 6.32. The molecule has 0 aromatic heterocycles. The van der Waals surface area contributed by atoms with E-state index in [1.807, 2.05) is 0 Å². The van der Waals surface area contributed by atoms with Crippen LogP contribution in [0.2, 0.25) is 5.02 Å². The normalized spacial score (nSPS) is 9.92. The van der Waals surface area contributed by atoms with E-state index in [-0.39, 0.29) is 18.2 Å². The molecule has 0 atom stereocenters. The Morgan fingerprint density at radius 2 is 2.25 bits per heavy atom. The second kappa shape index (κ2) is 4.28. The van der Waals surface area contributed by atoms with Gasteiger partial charge in [0.1, 0.15) is 18.2 Å². The molecule has 0 aliphatic heterocycles. The molecular formula is C8H8ClFO2. The average molecular weight is 191 g/mol. The van der Waals surface area contributed by atoms with Gasteiger partial charge in [0.25, 0.3) is 0 Å². The van der Waals surface area contributed by atoms with Gasteiger partial charge in [0.05, 0.1) is 11.6 Å². The molecule has 4 heteroatoms. The zero-order valence-electron chi connectivity index (χ0n) is 6.26. The number of hydrogen-bond acceptors (Lipinski definition) is 2. The summed E-state index contributed by atoms with van der Waals surface area (Å²) in [5.41, 5.74) is 0. The molecule has 66 valence electrons. The largest absolute Gasteiger partial charge is 0.490 e. The van der Waals surface area contributed by atoms with Crippen LogP contribution in [0.25, 0.3) is 0 Å². The highest BCUT2D eigenvalue weighted by Crippen LogP contribution is 2.24. The molecule has 2 nitrogen and oxygen atoms in total. The van der Waals surface area contributed by atoms with E-state index >= 15 is 0 Å². The van der Waals surface area contributed by atoms with Crippen molar-refractivity contribution in [2.75, 3.05) is 13.2 Å². The first kappa shape index (κ1) is 9.29. The predicted octanol–water partition coefficient (Wildman–Crippen LogP) is 1.85. The van der Waals surface area contributed by atoms with Crippen LogP contribution in [0.15, 0.2) is 18.2 Å². The Morgan fingerprint density at radius 3 is 2.83 bits per heavy atom. The molecule has 0 fully saturated rings. The highest BCUT2D eigenvalue weighted by atomic mass is 35.5. The number of aliphatic hydroxyl groups excluding tert-OH is 1. The molecule has 1 aromatic carbocycles. The van der Waals surface area contributed by atoms with Crippen molar-refractivity contribution in [3.63, 3.8) is 0 Å². The van der Waals surface area contributed by atoms with Crippen LogP contribution in [-0.4, -0.2) is 18.3 Å². The highest BCUT2D eigenvalue weighted by Gasteiger charge is 2.01. The summed E-state index contributed by atoms with van der Waals surface area (Å²) in [5.74, 6) is -0.0246. The van der Waals surface area contributed by atoms with Gasteiger partial charge in [0.15, 0.2) is 0 Å². The lowest BCUT2D eigenvalue weighted by atomic mass is 10.3. The maximum atomic E-state index is 12.5. The molecule has 0 radical (unpaired) electrons. The number of ether oxygens (including phenoxy) is 1. The number of rotatable bonds is 3. The molecule has 0 unspecified atom stereocenters. The molecule has 0 aliphatic rings. The maximum Gasteiger partial charge on any atom is 0.138 e. The molecule has 1 N–H and O–H groups in total. The van der Waals surface area contributed by atoms with E-state index in [0.717, 1.165) is 6.07 Å². The standard InChI is InChI=1S/C8H8ClFO2/c9-7-5-6(10)1-2-8(7)12-4-3-11/h1-2,5,11H,3-4H2. The molecule has 1 rings (SSSR count). The van der Waals surface area contributed by atoms with E-state index in [9.17, 15) is 4.39 Å². The van der Waals surface area contributed by atoms with Crippen LogP contribution < -0.4 is 4.74 Å². The summed E-state index contributed by atoms with van der Waals surface area (Å²) in [6.45, 7) is 0.0685. The molecule has 0 amide bonds. The molecule has 0 aliphatic carbocycles. The van der Waals surface area contributed by atoms with Gasteiger partial charge in [-0.15, -0.1) is 0 Å². The van der Waals surface area contributed by atoms with E-state index in [2.05, 4.69) is 0 Å². The van der Waals surface area contributed by atoms with Crippen molar-refractivity contribution in [2.45, 2.75) is 0 Å². The van der Waals surface area contributed by atoms with E-state index < -0.39 is 5.82 Å². The fraction of sp³-hybridized carbons (Fsp3) is 0.250. The minimum atomic E-state index is -0.406. The van der Waals surface area contributed by atoms with Crippen molar-refractivity contribution < 1.29 is 14.2 Å². The van der Waals surface area contributed by atoms with Gasteiger partial charge < -0.3 is 9.84 Å². The first-order valence-electron chi connectivity index (χ1n) is 3.43. The van der Waals surface area contributed by atoms with Crippen LogP contribution >= 0.6 is 11.6 Å². The minimum Gasteiger partial charge on any atom is -0.490 e. The van der Waals surface area contributed by atoms with Crippen LogP contribution in [0, 0.1) is 5.82 Å². The zero-order chi connectivity index (χ0) is 8.97. The second-order valence-electron chi connectivity index (χ2n) is 2.15. The average Bonchev–Trinajstić information content (AvgIpc) is 2.03. The molecular weight excluding hydrogens is 183 g/mol. The van der Waals surface area contributed by atoms with Crippen molar-refractivity contribution in [1.29, 1.82) is 0 Å². The van der Waals surface area contributed by atoms with Gasteiger partial charge in [-0.3, -0.25) is 0 Å². The van der Waals surface area contributed by atoms with Crippen LogP contribution in [0.4, 0.5) is 4.39 Å². The van der Waals surface area contributed by atoms with Crippen LogP contribution in [-0.2, 0) is 0 Å². The molecule has 1 aromatic rings. The van der Waals surface area contributed by atoms with Crippen molar-refractivity contribution >= 4 is 11.6 Å². The smallest absolute Gasteiger partial charge is 0.138 e. The zero-order valence-corrected chi connectivity index (χ0v) is 7.01. The predicted molar refractivity (Wildman–Crippen MR) is 44.0 cm³/mol. The molecule has 0 spiro atoms. The van der Waals surface area contributed by atoms with Gasteiger partial charge >= 0.3 is 0 Å². The number of aliphatic hydroxyl groups is 1. The Kier molecular flexibility index (Phi) is 3.31. The third-order valence-electron chi connectivity index (χ3n) is 1.24. The van der Waals surface area contributed by atoms with Crippen molar-refractivity contribution in [1.82, 2.24) is 0 Å². The van der Waals surface area contributed by atoms with E-state index in [1.54, 1.807) is 0 Å². The Balaban J connectivity index is 2.72. The third-order valence-corrected chi connectivity index (χ3v) is 1.54. The number of hydrogen-bond donors (Lipinski definition) is 1. The van der Waals surface area contributed by atoms with Gasteiger partial charge in [-0.1, -0.05) is 11.6 Å². The topological polar surface area (TPSA) is 29.5 Å². The number of halogens is 2. The summed E-state index contributed by atoms with van der Waals surface area (Å²) in [6.07, 6.45) is 0. The fourth-order valence-electron chi connectivity index (χ4n) is 0.748. The summed E-state index contributed by atoms with van der Waals surface area (Å²) in [7, 11) is 0. The Morgan fingerprint density at radius 1 is 1.50 bits per heavy atom. The van der Waals surface area contributed by atoms with E-state index in [0.29, 0.717) is 5.75 Å². The first-order chi connectivity index (χ1) is 5.74. The van der Waals surface area contributed by atoms with Crippen molar-refractivity contribution in [2.24, 2.45) is 0 Å². The Hall–Kier alpha value is -0.800. The van der Waals surface area contributed by atoms with Gasteiger partial charge in [-0.05, 0) is 18.2 Å². The molecule has 0 bridgehead atoms. The van der Waals surface area contributed by atoms with Gasteiger partial charge in [-0.25, -0.2) is 4.39 Å². The SMILES string of the molecule is OCCOc1ccc(F)cc1Cl. The van der Waals surface area contributed by atoms with Crippen molar-refractivity contribution in [3.05, 3.63) is 29.0 Å².